The number of carbonyl (C=O) groups excluding carboxylic acids is 1. The van der Waals surface area contributed by atoms with E-state index in [0.29, 0.717) is 6.42 Å². The first-order chi connectivity index (χ1) is 5.66. The maximum absolute atomic E-state index is 11.1. The van der Waals surface area contributed by atoms with E-state index in [1.807, 2.05) is 6.07 Å². The summed E-state index contributed by atoms with van der Waals surface area (Å²) >= 11 is 0. The molecule has 12 heavy (non-hydrogen) atoms. The molecule has 0 radical (unpaired) electrons. The Kier molecular flexibility index (Phi) is 2.66. The SMILES string of the molecule is N#CCNC(=O)CC1(N)CCC1. The standard InChI is InChI=1S/C8H13N3O/c9-4-5-11-7(12)6-8(10)2-1-3-8/h1-3,5-6,10H2,(H,11,12). The average molecular weight is 167 g/mol. The van der Waals surface area contributed by atoms with Crippen molar-refractivity contribution in [3.8, 4) is 6.07 Å². The predicted octanol–water partition coefficient (Wildman–Crippen LogP) is -0.102. The highest BCUT2D eigenvalue weighted by molar-refractivity contribution is 5.77. The lowest BCUT2D eigenvalue weighted by Gasteiger charge is -2.37. The lowest BCUT2D eigenvalue weighted by atomic mass is 9.75. The van der Waals surface area contributed by atoms with Crippen molar-refractivity contribution < 1.29 is 4.79 Å². The molecule has 1 saturated carbocycles. The van der Waals surface area contributed by atoms with Gasteiger partial charge < -0.3 is 11.1 Å². The minimum atomic E-state index is -0.278. The second kappa shape index (κ2) is 3.55. The van der Waals surface area contributed by atoms with E-state index in [-0.39, 0.29) is 18.0 Å². The molecule has 0 unspecified atom stereocenters. The number of hydrogen-bond donors (Lipinski definition) is 2. The number of nitrogens with zero attached hydrogens (tertiary/aromatic N) is 1. The Labute approximate surface area is 71.7 Å². The molecule has 4 nitrogen and oxygen atoms in total. The van der Waals surface area contributed by atoms with Crippen molar-refractivity contribution in [2.24, 2.45) is 5.73 Å². The Balaban J connectivity index is 2.22. The molecule has 3 N–H and O–H groups in total. The molecule has 1 amide bonds. The summed E-state index contributed by atoms with van der Waals surface area (Å²) in [5.74, 6) is -0.112. The fourth-order valence-electron chi connectivity index (χ4n) is 1.33. The van der Waals surface area contributed by atoms with Gasteiger partial charge in [-0.2, -0.15) is 5.26 Å². The first-order valence-electron chi connectivity index (χ1n) is 4.09. The molecule has 0 aromatic heterocycles. The lowest BCUT2D eigenvalue weighted by molar-refractivity contribution is -0.122. The molecule has 0 aromatic rings. The van der Waals surface area contributed by atoms with Crippen LogP contribution in [0.3, 0.4) is 0 Å². The molecule has 1 fully saturated rings. The molecule has 1 rings (SSSR count). The van der Waals surface area contributed by atoms with E-state index in [1.54, 1.807) is 0 Å². The summed E-state index contributed by atoms with van der Waals surface area (Å²) in [5, 5.41) is 10.7. The van der Waals surface area contributed by atoms with Crippen molar-refractivity contribution in [1.82, 2.24) is 5.32 Å². The number of nitrogens with one attached hydrogen (secondary N) is 1. The molecule has 1 aliphatic rings. The molecule has 0 aromatic carbocycles. The van der Waals surface area contributed by atoms with Crippen LogP contribution in [0.4, 0.5) is 0 Å². The molecule has 0 bridgehead atoms. The van der Waals surface area contributed by atoms with Crippen LogP contribution < -0.4 is 11.1 Å². The van der Waals surface area contributed by atoms with Gasteiger partial charge in [0.05, 0.1) is 6.07 Å². The summed E-state index contributed by atoms with van der Waals surface area (Å²) in [4.78, 5) is 11.1. The van der Waals surface area contributed by atoms with Gasteiger partial charge >= 0.3 is 0 Å². The van der Waals surface area contributed by atoms with Crippen LogP contribution >= 0.6 is 0 Å². The third-order valence-electron chi connectivity index (χ3n) is 2.23. The van der Waals surface area contributed by atoms with Gasteiger partial charge in [0.15, 0.2) is 0 Å². The zero-order valence-electron chi connectivity index (χ0n) is 6.97. The zero-order chi connectivity index (χ0) is 9.03. The van der Waals surface area contributed by atoms with Crippen LogP contribution in [0.2, 0.25) is 0 Å². The fourth-order valence-corrected chi connectivity index (χ4v) is 1.33. The maximum atomic E-state index is 11.1. The van der Waals surface area contributed by atoms with Gasteiger partial charge in [-0.1, -0.05) is 0 Å². The van der Waals surface area contributed by atoms with E-state index in [1.165, 1.54) is 0 Å². The van der Waals surface area contributed by atoms with Crippen LogP contribution in [0, 0.1) is 11.3 Å². The molecule has 0 atom stereocenters. The maximum Gasteiger partial charge on any atom is 0.222 e. The molecular weight excluding hydrogens is 154 g/mol. The summed E-state index contributed by atoms with van der Waals surface area (Å²) in [6, 6.07) is 1.85. The summed E-state index contributed by atoms with van der Waals surface area (Å²) in [5.41, 5.74) is 5.55. The quantitative estimate of drug-likeness (QED) is 0.576. The van der Waals surface area contributed by atoms with Crippen molar-refractivity contribution in [3.63, 3.8) is 0 Å². The van der Waals surface area contributed by atoms with Crippen LogP contribution in [-0.2, 0) is 4.79 Å². The van der Waals surface area contributed by atoms with Gasteiger partial charge in [0.2, 0.25) is 5.91 Å². The van der Waals surface area contributed by atoms with Crippen molar-refractivity contribution in [2.75, 3.05) is 6.54 Å². The van der Waals surface area contributed by atoms with E-state index < -0.39 is 0 Å². The van der Waals surface area contributed by atoms with Gasteiger partial charge in [-0.25, -0.2) is 0 Å². The topological polar surface area (TPSA) is 78.9 Å². The Morgan fingerprint density at radius 1 is 1.67 bits per heavy atom. The van der Waals surface area contributed by atoms with Crippen LogP contribution in [0.25, 0.3) is 0 Å². The van der Waals surface area contributed by atoms with Gasteiger partial charge in [-0.3, -0.25) is 4.79 Å². The predicted molar refractivity (Wildman–Crippen MR) is 44.0 cm³/mol. The molecule has 1 aliphatic carbocycles. The Morgan fingerprint density at radius 3 is 2.75 bits per heavy atom. The minimum absolute atomic E-state index is 0.0783. The largest absolute Gasteiger partial charge is 0.343 e. The molecule has 0 spiro atoms. The molecule has 4 heteroatoms. The third kappa shape index (κ3) is 2.21. The third-order valence-corrected chi connectivity index (χ3v) is 2.23. The van der Waals surface area contributed by atoms with E-state index in [2.05, 4.69) is 5.32 Å². The van der Waals surface area contributed by atoms with E-state index in [0.717, 1.165) is 19.3 Å². The number of nitriles is 1. The van der Waals surface area contributed by atoms with Gasteiger partial charge in [-0.15, -0.1) is 0 Å². The van der Waals surface area contributed by atoms with Gasteiger partial charge in [0.1, 0.15) is 6.54 Å². The Hall–Kier alpha value is -1.08. The highest BCUT2D eigenvalue weighted by atomic mass is 16.1. The molecular formula is C8H13N3O. The minimum Gasteiger partial charge on any atom is -0.343 e. The molecule has 66 valence electrons. The van der Waals surface area contributed by atoms with Gasteiger partial charge in [0.25, 0.3) is 0 Å². The Bertz CT molecular complexity index is 215. The smallest absolute Gasteiger partial charge is 0.222 e. The molecule has 0 heterocycles. The summed E-state index contributed by atoms with van der Waals surface area (Å²) in [6.07, 6.45) is 3.32. The highest BCUT2D eigenvalue weighted by Crippen LogP contribution is 2.31. The van der Waals surface area contributed by atoms with E-state index in [9.17, 15) is 4.79 Å². The monoisotopic (exact) mass is 167 g/mol. The van der Waals surface area contributed by atoms with E-state index in [4.69, 9.17) is 11.0 Å². The molecule has 0 aliphatic heterocycles. The number of carbonyl (C=O) groups is 1. The van der Waals surface area contributed by atoms with Gasteiger partial charge in [0, 0.05) is 12.0 Å². The number of nitrogens with two attached hydrogens (primary N) is 1. The van der Waals surface area contributed by atoms with Crippen molar-refractivity contribution >= 4 is 5.91 Å². The first-order valence-corrected chi connectivity index (χ1v) is 4.09. The highest BCUT2D eigenvalue weighted by Gasteiger charge is 2.34. The Morgan fingerprint density at radius 2 is 2.33 bits per heavy atom. The lowest BCUT2D eigenvalue weighted by Crippen LogP contribution is -2.49. The normalized spacial score (nSPS) is 19.0. The number of amides is 1. The van der Waals surface area contributed by atoms with Gasteiger partial charge in [-0.05, 0) is 19.3 Å². The number of hydrogen-bond acceptors (Lipinski definition) is 3. The van der Waals surface area contributed by atoms with Crippen molar-refractivity contribution in [1.29, 1.82) is 5.26 Å². The fraction of sp³-hybridized carbons (Fsp3) is 0.750. The van der Waals surface area contributed by atoms with Crippen molar-refractivity contribution in [3.05, 3.63) is 0 Å². The first kappa shape index (κ1) is 9.01. The van der Waals surface area contributed by atoms with E-state index >= 15 is 0 Å². The second-order valence-corrected chi connectivity index (χ2v) is 3.33. The van der Waals surface area contributed by atoms with Crippen LogP contribution in [0.15, 0.2) is 0 Å². The summed E-state index contributed by atoms with van der Waals surface area (Å²) in [6.45, 7) is 0.0783. The van der Waals surface area contributed by atoms with Crippen LogP contribution in [0.1, 0.15) is 25.7 Å². The zero-order valence-corrected chi connectivity index (χ0v) is 6.97. The van der Waals surface area contributed by atoms with Crippen molar-refractivity contribution in [2.45, 2.75) is 31.2 Å². The summed E-state index contributed by atoms with van der Waals surface area (Å²) in [7, 11) is 0. The number of rotatable bonds is 3. The second-order valence-electron chi connectivity index (χ2n) is 3.33. The summed E-state index contributed by atoms with van der Waals surface area (Å²) < 4.78 is 0. The van der Waals surface area contributed by atoms with Crippen LogP contribution in [0.5, 0.6) is 0 Å². The molecule has 0 saturated heterocycles. The average Bonchev–Trinajstić information content (AvgIpc) is 1.98. The van der Waals surface area contributed by atoms with Crippen LogP contribution in [-0.4, -0.2) is 18.0 Å².